The molecule has 0 bridgehead atoms. The fraction of sp³-hybridized carbons (Fsp3) is 0.226. The van der Waals surface area contributed by atoms with Gasteiger partial charge in [-0.3, -0.25) is 14.5 Å². The van der Waals surface area contributed by atoms with Gasteiger partial charge in [0.1, 0.15) is 35.2 Å². The zero-order chi connectivity index (χ0) is 32.1. The molecule has 0 aliphatic carbocycles. The highest BCUT2D eigenvalue weighted by Crippen LogP contribution is 2.28. The number of aliphatic hydroxyl groups excluding tert-OH is 2. The number of likely N-dealkylation sites (tertiary alicyclic amines) is 1. The van der Waals surface area contributed by atoms with Gasteiger partial charge in [-0.05, 0) is 54.1 Å². The summed E-state index contributed by atoms with van der Waals surface area (Å²) in [6, 6.07) is 20.4. The molecule has 0 amide bonds. The number of allylic oxidation sites excluding steroid dienone is 2. The smallest absolute Gasteiger partial charge is 0.454 e. The second-order valence-corrected chi connectivity index (χ2v) is 9.82. The van der Waals surface area contributed by atoms with Gasteiger partial charge in [-0.25, -0.2) is 0 Å². The largest absolute Gasteiger partial charge is 0.507 e. The first-order chi connectivity index (χ1) is 20.7. The summed E-state index contributed by atoms with van der Waals surface area (Å²) in [6.07, 6.45) is -11.2. The molecule has 0 unspecified atom stereocenters. The molecule has 13 heteroatoms. The summed E-state index contributed by atoms with van der Waals surface area (Å²) in [5.41, 5.74) is 0.968. The van der Waals surface area contributed by atoms with Crippen molar-refractivity contribution in [1.29, 1.82) is 0 Å². The zero-order valence-electron chi connectivity index (χ0n) is 22.7. The number of carbonyl (C=O) groups excluding carboxylic acids is 2. The summed E-state index contributed by atoms with van der Waals surface area (Å²) in [5, 5.41) is 19.9. The maximum Gasteiger partial charge on any atom is 0.454 e. The fourth-order valence-electron chi connectivity index (χ4n) is 4.35. The summed E-state index contributed by atoms with van der Waals surface area (Å²) < 4.78 is 87.3. The lowest BCUT2D eigenvalue weighted by atomic mass is 10.1. The van der Waals surface area contributed by atoms with Gasteiger partial charge in [-0.2, -0.15) is 26.3 Å². The molecule has 1 heterocycles. The van der Waals surface area contributed by atoms with Crippen LogP contribution in [0, 0.1) is 0 Å². The number of rotatable bonds is 10. The number of aliphatic hydroxyl groups is 2. The minimum absolute atomic E-state index is 0.0331. The molecule has 7 nitrogen and oxygen atoms in total. The van der Waals surface area contributed by atoms with Crippen LogP contribution >= 0.6 is 0 Å². The van der Waals surface area contributed by atoms with E-state index in [2.05, 4.69) is 4.90 Å². The Morgan fingerprint density at radius 2 is 1.07 bits per heavy atom. The molecule has 4 rings (SSSR count). The first-order valence-corrected chi connectivity index (χ1v) is 13.0. The van der Waals surface area contributed by atoms with E-state index in [4.69, 9.17) is 9.47 Å². The average Bonchev–Trinajstić information content (AvgIpc) is 3.33. The number of ether oxygens (including phenoxy) is 2. The van der Waals surface area contributed by atoms with Gasteiger partial charge in [-0.15, -0.1) is 0 Å². The van der Waals surface area contributed by atoms with Crippen molar-refractivity contribution in [3.8, 4) is 11.5 Å². The first kappa shape index (κ1) is 32.1. The van der Waals surface area contributed by atoms with Crippen molar-refractivity contribution in [1.82, 2.24) is 4.90 Å². The molecule has 0 saturated carbocycles. The third-order valence-corrected chi connectivity index (χ3v) is 6.51. The van der Waals surface area contributed by atoms with E-state index in [9.17, 15) is 46.1 Å². The maximum atomic E-state index is 12.5. The summed E-state index contributed by atoms with van der Waals surface area (Å²) in [5.74, 6) is -5.50. The van der Waals surface area contributed by atoms with Gasteiger partial charge < -0.3 is 19.7 Å². The Balaban J connectivity index is 1.49. The number of nitrogens with zero attached hydrogens (tertiary/aromatic N) is 1. The molecule has 1 saturated heterocycles. The van der Waals surface area contributed by atoms with Gasteiger partial charge in [-0.1, -0.05) is 30.3 Å². The van der Waals surface area contributed by atoms with Gasteiger partial charge >= 0.3 is 12.4 Å². The Morgan fingerprint density at radius 3 is 1.43 bits per heavy atom. The van der Waals surface area contributed by atoms with E-state index < -0.39 is 47.6 Å². The number of halogens is 6. The predicted octanol–water partition coefficient (Wildman–Crippen LogP) is 6.46. The Bertz CT molecular complexity index is 1420. The molecule has 2 N–H and O–H groups in total. The lowest BCUT2D eigenvalue weighted by Gasteiger charge is -2.22. The molecule has 2 atom stereocenters. The van der Waals surface area contributed by atoms with Gasteiger partial charge in [0.2, 0.25) is 0 Å². The van der Waals surface area contributed by atoms with Crippen LogP contribution in [-0.4, -0.2) is 64.3 Å². The quantitative estimate of drug-likeness (QED) is 0.153. The minimum Gasteiger partial charge on any atom is -0.507 e. The maximum absolute atomic E-state index is 12.5. The minimum atomic E-state index is -5.12. The first-order valence-electron chi connectivity index (χ1n) is 13.0. The lowest BCUT2D eigenvalue weighted by Crippen LogP contribution is -2.34. The summed E-state index contributed by atoms with van der Waals surface area (Å²) in [4.78, 5) is 24.4. The molecule has 0 aromatic heterocycles. The predicted molar refractivity (Wildman–Crippen MR) is 147 cm³/mol. The monoisotopic (exact) mass is 621 g/mol. The van der Waals surface area contributed by atoms with Crippen molar-refractivity contribution in [2.75, 3.05) is 13.1 Å². The number of alkyl halides is 6. The molecule has 0 radical (unpaired) electrons. The van der Waals surface area contributed by atoms with E-state index in [0.717, 1.165) is 5.56 Å². The van der Waals surface area contributed by atoms with Crippen LogP contribution in [0.4, 0.5) is 26.3 Å². The van der Waals surface area contributed by atoms with Crippen LogP contribution < -0.4 is 9.47 Å². The van der Waals surface area contributed by atoms with Crippen LogP contribution in [0.1, 0.15) is 16.7 Å². The van der Waals surface area contributed by atoms with Crippen molar-refractivity contribution in [3.05, 3.63) is 108 Å². The highest BCUT2D eigenvalue weighted by atomic mass is 19.4. The van der Waals surface area contributed by atoms with Gasteiger partial charge in [0.05, 0.1) is 0 Å². The topological polar surface area (TPSA) is 96.3 Å². The molecule has 1 aliphatic rings. The lowest BCUT2D eigenvalue weighted by molar-refractivity contribution is -0.165. The van der Waals surface area contributed by atoms with E-state index in [-0.39, 0.29) is 23.3 Å². The molecule has 3 aromatic carbocycles. The number of ketones is 2. The second kappa shape index (κ2) is 13.2. The van der Waals surface area contributed by atoms with Gasteiger partial charge in [0.25, 0.3) is 11.6 Å². The van der Waals surface area contributed by atoms with Crippen molar-refractivity contribution in [3.63, 3.8) is 0 Å². The van der Waals surface area contributed by atoms with E-state index in [1.165, 1.54) is 48.5 Å². The molecule has 1 fully saturated rings. The van der Waals surface area contributed by atoms with Crippen molar-refractivity contribution < 1.29 is 55.6 Å². The molecular formula is C31H25F6NO6. The van der Waals surface area contributed by atoms with Gasteiger partial charge in [0.15, 0.2) is 0 Å². The Morgan fingerprint density at radius 1 is 0.682 bits per heavy atom. The molecular weight excluding hydrogens is 596 g/mol. The summed E-state index contributed by atoms with van der Waals surface area (Å²) in [6.45, 7) is 1.39. The third kappa shape index (κ3) is 8.63. The van der Waals surface area contributed by atoms with Crippen LogP contribution in [-0.2, 0) is 16.1 Å². The molecule has 3 aromatic rings. The van der Waals surface area contributed by atoms with Crippen molar-refractivity contribution in [2.45, 2.75) is 31.1 Å². The zero-order valence-corrected chi connectivity index (χ0v) is 22.7. The normalized spacial score (nSPS) is 18.2. The summed E-state index contributed by atoms with van der Waals surface area (Å²) in [7, 11) is 0. The van der Waals surface area contributed by atoms with E-state index in [1.54, 1.807) is 0 Å². The molecule has 1 aliphatic heterocycles. The average molecular weight is 622 g/mol. The Labute approximate surface area is 247 Å². The Hall–Kier alpha value is -4.78. The van der Waals surface area contributed by atoms with Crippen LogP contribution in [0.2, 0.25) is 0 Å². The van der Waals surface area contributed by atoms with Crippen LogP contribution in [0.25, 0.3) is 11.5 Å². The van der Waals surface area contributed by atoms with E-state index in [1.807, 2.05) is 30.3 Å². The molecule has 44 heavy (non-hydrogen) atoms. The van der Waals surface area contributed by atoms with Gasteiger partial charge in [0, 0.05) is 42.9 Å². The highest BCUT2D eigenvalue weighted by Gasteiger charge is 2.38. The van der Waals surface area contributed by atoms with E-state index >= 15 is 0 Å². The molecule has 0 spiro atoms. The number of carbonyl (C=O) groups is 2. The number of hydrogen-bond acceptors (Lipinski definition) is 7. The van der Waals surface area contributed by atoms with E-state index in [0.29, 0.717) is 31.1 Å². The van der Waals surface area contributed by atoms with Crippen LogP contribution in [0.5, 0.6) is 11.5 Å². The highest BCUT2D eigenvalue weighted by molar-refractivity contribution is 5.99. The van der Waals surface area contributed by atoms with Crippen molar-refractivity contribution >= 4 is 23.1 Å². The molecule has 232 valence electrons. The van der Waals surface area contributed by atoms with Crippen LogP contribution in [0.15, 0.2) is 91.0 Å². The number of hydrogen-bond donors (Lipinski definition) is 2. The summed E-state index contributed by atoms with van der Waals surface area (Å²) >= 11 is 0. The number of benzene rings is 3. The fourth-order valence-corrected chi connectivity index (χ4v) is 4.35. The standard InChI is InChI=1S/C31H25F6NO6/c32-30(33,34)28(41)14-24(39)20-6-10-22(11-7-20)43-26-17-38(16-19-4-2-1-3-5-19)18-27(26)44-23-12-8-21(9-13-23)25(40)15-29(42)31(35,36)37/h1-15,26-27,39-40H,16-18H2/b24-14-,25-15-/t26-,27-/m0/s1. The Kier molecular flexibility index (Phi) is 9.68. The second-order valence-electron chi connectivity index (χ2n) is 9.82. The van der Waals surface area contributed by atoms with Crippen LogP contribution in [0.3, 0.4) is 0 Å². The SMILES string of the molecule is O=C(/C=C(\O)c1ccc(O[C@H]2CN(Cc3ccccc3)C[C@@H]2Oc2ccc(/C(O)=C/C(=O)C(F)(F)F)cc2)cc1)C(F)(F)F. The third-order valence-electron chi connectivity index (χ3n) is 6.51. The van der Waals surface area contributed by atoms with Crippen molar-refractivity contribution in [2.24, 2.45) is 0 Å².